The van der Waals surface area contributed by atoms with Crippen LogP contribution in [0.5, 0.6) is 34.5 Å². The smallest absolute Gasteiger partial charge is 0.402 e. The highest BCUT2D eigenvalue weighted by atomic mass is 16.7. The Bertz CT molecular complexity index is 1210. The molecule has 2 heterocycles. The zero-order valence-electron chi connectivity index (χ0n) is 17.7. The molecule has 182 valence electrons. The minimum Gasteiger partial charge on any atom is -0.507 e. The molecule has 0 saturated carbocycles. The first-order chi connectivity index (χ1) is 16.1. The molecule has 0 radical (unpaired) electrons. The lowest BCUT2D eigenvalue weighted by Crippen LogP contribution is -2.60. The van der Waals surface area contributed by atoms with E-state index in [-0.39, 0.29) is 45.3 Å². The molecule has 12 heteroatoms. The monoisotopic (exact) mass is 479 g/mol. The largest absolute Gasteiger partial charge is 0.507 e. The Morgan fingerprint density at radius 1 is 0.882 bits per heavy atom. The summed E-state index contributed by atoms with van der Waals surface area (Å²) in [4.78, 5) is 0. The van der Waals surface area contributed by atoms with Gasteiger partial charge in [0.15, 0.2) is 11.5 Å². The molecule has 1 fully saturated rings. The molecule has 0 amide bonds. The number of aliphatic hydroxyl groups is 4. The zero-order chi connectivity index (χ0) is 24.7. The predicted molar refractivity (Wildman–Crippen MR) is 114 cm³/mol. The maximum atomic E-state index is 10.4. The van der Waals surface area contributed by atoms with Gasteiger partial charge in [-0.3, -0.25) is 0 Å². The highest BCUT2D eigenvalue weighted by molar-refractivity contribution is 5.88. The Balaban J connectivity index is 1.87. The first kappa shape index (κ1) is 23.6. The predicted octanol–water partition coefficient (Wildman–Crippen LogP) is 0.391. The lowest BCUT2D eigenvalue weighted by atomic mass is 9.99. The van der Waals surface area contributed by atoms with Gasteiger partial charge in [0.2, 0.25) is 17.8 Å². The molecule has 8 N–H and O–H groups in total. The third-order valence-corrected chi connectivity index (χ3v) is 5.44. The number of aromatic hydroxyl groups is 4. The summed E-state index contributed by atoms with van der Waals surface area (Å²) < 4.78 is 22.0. The zero-order valence-corrected chi connectivity index (χ0v) is 17.7. The van der Waals surface area contributed by atoms with Crippen molar-refractivity contribution < 1.29 is 59.5 Å². The number of fused-ring (bicyclic) bond motifs is 1. The average molecular weight is 479 g/mol. The molecular formula is C22H23O12+. The van der Waals surface area contributed by atoms with Gasteiger partial charge in [-0.2, -0.15) is 0 Å². The molecule has 5 atom stereocenters. The third-order valence-electron chi connectivity index (χ3n) is 5.44. The number of benzene rings is 2. The van der Waals surface area contributed by atoms with Gasteiger partial charge >= 0.3 is 11.3 Å². The quantitative estimate of drug-likeness (QED) is 0.185. The van der Waals surface area contributed by atoms with Crippen LogP contribution in [-0.2, 0) is 4.74 Å². The van der Waals surface area contributed by atoms with Crippen molar-refractivity contribution in [1.29, 1.82) is 0 Å². The molecule has 34 heavy (non-hydrogen) atoms. The van der Waals surface area contributed by atoms with Gasteiger partial charge in [0.1, 0.15) is 41.3 Å². The van der Waals surface area contributed by atoms with E-state index < -0.39 is 48.8 Å². The number of phenols is 4. The maximum Gasteiger partial charge on any atom is 0.402 e. The Hall–Kier alpha value is -3.55. The molecule has 2 aromatic carbocycles. The fourth-order valence-electron chi connectivity index (χ4n) is 3.64. The van der Waals surface area contributed by atoms with Gasteiger partial charge in [-0.15, -0.1) is 0 Å². The number of ether oxygens (including phenoxy) is 3. The number of rotatable bonds is 5. The normalized spacial score (nSPS) is 24.8. The molecule has 0 bridgehead atoms. The standard InChI is InChI=1S/C22H22O12/c1-31-14-3-8(2-12(26)17(14)27)21-15(6-10-11(25)4-9(24)5-13(10)32-21)33-22-20(30)19(29)18(28)16(7-23)34-22/h2-6,16,18-20,22-23,28-30H,7H2,1H3,(H3-,24,25,26,27)/p+1/t16-,18+,19+,20-,22?/m1/s1. The number of hydrogen-bond acceptors (Lipinski definition) is 11. The van der Waals surface area contributed by atoms with Crippen molar-refractivity contribution in [3.8, 4) is 45.8 Å². The molecule has 0 aliphatic carbocycles. The number of aliphatic hydroxyl groups excluding tert-OH is 4. The molecule has 1 aromatic heterocycles. The maximum absolute atomic E-state index is 10.4. The summed E-state index contributed by atoms with van der Waals surface area (Å²) in [6.07, 6.45) is -7.88. The molecule has 4 rings (SSSR count). The van der Waals surface area contributed by atoms with Crippen molar-refractivity contribution in [2.75, 3.05) is 13.7 Å². The van der Waals surface area contributed by atoms with Gasteiger partial charge in [-0.1, -0.05) is 0 Å². The lowest BCUT2D eigenvalue weighted by molar-refractivity contribution is -0.277. The fraction of sp³-hybridized carbons (Fsp3) is 0.318. The summed E-state index contributed by atoms with van der Waals surface area (Å²) >= 11 is 0. The molecule has 1 aliphatic rings. The van der Waals surface area contributed by atoms with E-state index in [9.17, 15) is 40.9 Å². The number of methoxy groups -OCH3 is 1. The van der Waals surface area contributed by atoms with E-state index in [0.29, 0.717) is 0 Å². The molecular weight excluding hydrogens is 456 g/mol. The minimum absolute atomic E-state index is 0.0141. The van der Waals surface area contributed by atoms with Crippen LogP contribution in [0.4, 0.5) is 0 Å². The Morgan fingerprint density at radius 3 is 2.29 bits per heavy atom. The van der Waals surface area contributed by atoms with Gasteiger partial charge in [-0.25, -0.2) is 4.42 Å². The van der Waals surface area contributed by atoms with Crippen LogP contribution in [0.25, 0.3) is 22.3 Å². The number of phenolic OH excluding ortho intramolecular Hbond substituents is 4. The van der Waals surface area contributed by atoms with Crippen LogP contribution in [0.3, 0.4) is 0 Å². The summed E-state index contributed by atoms with van der Waals surface area (Å²) in [7, 11) is 1.26. The van der Waals surface area contributed by atoms with Gasteiger partial charge in [0.25, 0.3) is 0 Å². The lowest BCUT2D eigenvalue weighted by Gasteiger charge is -2.39. The van der Waals surface area contributed by atoms with E-state index >= 15 is 0 Å². The van der Waals surface area contributed by atoms with Crippen molar-refractivity contribution in [2.45, 2.75) is 30.7 Å². The van der Waals surface area contributed by atoms with Crippen LogP contribution in [-0.4, -0.2) is 85.3 Å². The van der Waals surface area contributed by atoms with Crippen molar-refractivity contribution in [3.63, 3.8) is 0 Å². The van der Waals surface area contributed by atoms with Crippen LogP contribution in [0, 0.1) is 0 Å². The Kier molecular flexibility index (Phi) is 6.25. The summed E-state index contributed by atoms with van der Waals surface area (Å²) in [6, 6.07) is 6.01. The molecule has 1 aliphatic heterocycles. The van der Waals surface area contributed by atoms with E-state index in [1.54, 1.807) is 0 Å². The molecule has 1 saturated heterocycles. The average Bonchev–Trinajstić information content (AvgIpc) is 2.81. The first-order valence-corrected chi connectivity index (χ1v) is 10.0. The number of hydrogen-bond donors (Lipinski definition) is 8. The Morgan fingerprint density at radius 2 is 1.62 bits per heavy atom. The molecule has 1 unspecified atom stereocenters. The second kappa shape index (κ2) is 9.00. The third kappa shape index (κ3) is 4.08. The second-order valence-electron chi connectivity index (χ2n) is 7.68. The van der Waals surface area contributed by atoms with Crippen LogP contribution in [0.1, 0.15) is 0 Å². The summed E-state index contributed by atoms with van der Waals surface area (Å²) in [5.41, 5.74) is 0.136. The van der Waals surface area contributed by atoms with Crippen molar-refractivity contribution in [1.82, 2.24) is 0 Å². The molecule has 0 spiro atoms. The summed E-state index contributed by atoms with van der Waals surface area (Å²) in [6.45, 7) is -0.678. The van der Waals surface area contributed by atoms with E-state index in [1.165, 1.54) is 25.3 Å². The Labute approximate surface area is 191 Å². The fourth-order valence-corrected chi connectivity index (χ4v) is 3.64. The van der Waals surface area contributed by atoms with Crippen molar-refractivity contribution >= 4 is 11.0 Å². The highest BCUT2D eigenvalue weighted by Gasteiger charge is 2.45. The van der Waals surface area contributed by atoms with Crippen LogP contribution >= 0.6 is 0 Å². The van der Waals surface area contributed by atoms with Gasteiger partial charge in [-0.05, 0) is 0 Å². The van der Waals surface area contributed by atoms with Gasteiger partial charge in [0.05, 0.1) is 25.3 Å². The summed E-state index contributed by atoms with van der Waals surface area (Å²) in [5, 5.41) is 80.1. The molecule has 3 aromatic rings. The van der Waals surface area contributed by atoms with E-state index in [2.05, 4.69) is 0 Å². The van der Waals surface area contributed by atoms with Crippen LogP contribution in [0.2, 0.25) is 0 Å². The van der Waals surface area contributed by atoms with Gasteiger partial charge < -0.3 is 55.1 Å². The first-order valence-electron chi connectivity index (χ1n) is 10.0. The van der Waals surface area contributed by atoms with E-state index in [1.807, 2.05) is 0 Å². The SMILES string of the molecule is COc1cc(-c2[o+]c3cc(O)cc(O)c3cc2OC2O[C@H](CO)[C@H](O)[C@H](O)[C@H]2O)cc(O)c1O. The van der Waals surface area contributed by atoms with Crippen molar-refractivity contribution in [3.05, 3.63) is 30.3 Å². The van der Waals surface area contributed by atoms with E-state index in [4.69, 9.17) is 18.6 Å². The topological polar surface area (TPSA) is 201 Å². The minimum atomic E-state index is -1.74. The summed E-state index contributed by atoms with van der Waals surface area (Å²) in [5.74, 6) is -2.12. The van der Waals surface area contributed by atoms with Gasteiger partial charge in [0, 0.05) is 24.3 Å². The van der Waals surface area contributed by atoms with Crippen LogP contribution in [0.15, 0.2) is 34.7 Å². The van der Waals surface area contributed by atoms with E-state index in [0.717, 1.165) is 12.1 Å². The molecule has 12 nitrogen and oxygen atoms in total. The van der Waals surface area contributed by atoms with Crippen molar-refractivity contribution in [2.24, 2.45) is 0 Å². The van der Waals surface area contributed by atoms with Crippen LogP contribution < -0.4 is 9.47 Å². The second-order valence-corrected chi connectivity index (χ2v) is 7.68. The highest BCUT2D eigenvalue weighted by Crippen LogP contribution is 2.45.